The van der Waals surface area contributed by atoms with Gasteiger partial charge in [0.2, 0.25) is 0 Å². The minimum absolute atomic E-state index is 0.00135. The normalized spacial score (nSPS) is 18.5. The van der Waals surface area contributed by atoms with Gasteiger partial charge in [0.25, 0.3) is 0 Å². The van der Waals surface area contributed by atoms with Crippen molar-refractivity contribution in [3.63, 3.8) is 0 Å². The van der Waals surface area contributed by atoms with Gasteiger partial charge in [-0.05, 0) is 45.2 Å². The maximum Gasteiger partial charge on any atom is 0.155 e. The summed E-state index contributed by atoms with van der Waals surface area (Å²) in [6.07, 6.45) is 3.17. The van der Waals surface area contributed by atoms with Gasteiger partial charge in [-0.15, -0.1) is 0 Å². The van der Waals surface area contributed by atoms with Crippen LogP contribution in [0.25, 0.3) is 0 Å². The topological polar surface area (TPSA) is 47.0 Å². The zero-order valence-corrected chi connectivity index (χ0v) is 10.5. The fraction of sp³-hybridized carbons (Fsp3) is 0.500. The minimum Gasteiger partial charge on any atom is -0.299 e. The van der Waals surface area contributed by atoms with Crippen LogP contribution in [0.1, 0.15) is 43.9 Å². The van der Waals surface area contributed by atoms with Gasteiger partial charge in [0.05, 0.1) is 17.0 Å². The fourth-order valence-electron chi connectivity index (χ4n) is 2.18. The van der Waals surface area contributed by atoms with Crippen LogP contribution in [0.5, 0.6) is 0 Å². The smallest absolute Gasteiger partial charge is 0.155 e. The van der Waals surface area contributed by atoms with E-state index in [1.165, 1.54) is 6.92 Å². The maximum absolute atomic E-state index is 12.3. The molecule has 3 nitrogen and oxygen atoms in total. The van der Waals surface area contributed by atoms with Gasteiger partial charge in [-0.1, -0.05) is 6.07 Å². The number of aromatic nitrogens is 1. The summed E-state index contributed by atoms with van der Waals surface area (Å²) >= 11 is 0. The minimum atomic E-state index is -0.689. The summed E-state index contributed by atoms with van der Waals surface area (Å²) in [5.74, 6) is -0.259. The molecule has 1 unspecified atom stereocenters. The molecule has 1 heterocycles. The third kappa shape index (κ3) is 2.02. The Morgan fingerprint density at radius 2 is 2.00 bits per heavy atom. The highest BCUT2D eigenvalue weighted by atomic mass is 16.2. The first-order valence-corrected chi connectivity index (χ1v) is 5.95. The van der Waals surface area contributed by atoms with Crippen LogP contribution >= 0.6 is 0 Å². The van der Waals surface area contributed by atoms with Crippen molar-refractivity contribution in [2.24, 2.45) is 5.41 Å². The van der Waals surface area contributed by atoms with E-state index in [9.17, 15) is 9.59 Å². The molecular weight excluding hydrogens is 214 g/mol. The zero-order chi connectivity index (χ0) is 12.6. The lowest BCUT2D eigenvalue weighted by molar-refractivity contribution is -0.134. The highest BCUT2D eigenvalue weighted by Crippen LogP contribution is 2.50. The van der Waals surface area contributed by atoms with Crippen molar-refractivity contribution in [2.45, 2.75) is 39.5 Å². The number of hydrogen-bond acceptors (Lipinski definition) is 3. The SMILES string of the molecule is CC(=O)C1(C(=O)C(C)c2ccc(C)cn2)CC1. The predicted molar refractivity (Wildman–Crippen MR) is 64.7 cm³/mol. The largest absolute Gasteiger partial charge is 0.299 e. The number of rotatable bonds is 4. The average molecular weight is 231 g/mol. The molecule has 1 aromatic heterocycles. The Bertz CT molecular complexity index is 458. The monoisotopic (exact) mass is 231 g/mol. The molecule has 1 aliphatic rings. The first-order valence-electron chi connectivity index (χ1n) is 5.95. The lowest BCUT2D eigenvalue weighted by Crippen LogP contribution is -2.28. The molecule has 0 aromatic carbocycles. The number of hydrogen-bond donors (Lipinski definition) is 0. The van der Waals surface area contributed by atoms with Gasteiger partial charge in [0.1, 0.15) is 5.78 Å². The van der Waals surface area contributed by atoms with Gasteiger partial charge >= 0.3 is 0 Å². The quantitative estimate of drug-likeness (QED) is 0.748. The maximum atomic E-state index is 12.3. The van der Waals surface area contributed by atoms with E-state index in [0.29, 0.717) is 12.8 Å². The second-order valence-electron chi connectivity index (χ2n) is 4.98. The molecule has 0 amide bonds. The van der Waals surface area contributed by atoms with Crippen LogP contribution in [0.15, 0.2) is 18.3 Å². The van der Waals surface area contributed by atoms with Crippen LogP contribution in [-0.2, 0) is 9.59 Å². The summed E-state index contributed by atoms with van der Waals surface area (Å²) in [4.78, 5) is 28.1. The average Bonchev–Trinajstić information content (AvgIpc) is 3.09. The van der Waals surface area contributed by atoms with Crippen molar-refractivity contribution in [2.75, 3.05) is 0 Å². The van der Waals surface area contributed by atoms with Crippen molar-refractivity contribution in [1.82, 2.24) is 4.98 Å². The van der Waals surface area contributed by atoms with E-state index in [1.54, 1.807) is 6.20 Å². The van der Waals surface area contributed by atoms with Crippen LogP contribution in [0.4, 0.5) is 0 Å². The third-order valence-corrected chi connectivity index (χ3v) is 3.67. The molecule has 17 heavy (non-hydrogen) atoms. The van der Waals surface area contributed by atoms with Crippen molar-refractivity contribution >= 4 is 11.6 Å². The molecule has 0 N–H and O–H groups in total. The standard InChI is InChI=1S/C14H17NO2/c1-9-4-5-12(15-8-9)10(2)13(17)14(6-7-14)11(3)16/h4-5,8,10H,6-7H2,1-3H3. The summed E-state index contributed by atoms with van der Waals surface area (Å²) in [5.41, 5.74) is 1.14. The molecule has 2 rings (SSSR count). The molecule has 90 valence electrons. The molecule has 1 atom stereocenters. The van der Waals surface area contributed by atoms with Crippen LogP contribution in [-0.4, -0.2) is 16.6 Å². The molecule has 3 heteroatoms. The van der Waals surface area contributed by atoms with Gasteiger partial charge in [-0.2, -0.15) is 0 Å². The van der Waals surface area contributed by atoms with E-state index in [1.807, 2.05) is 26.0 Å². The van der Waals surface area contributed by atoms with E-state index < -0.39 is 5.41 Å². The Morgan fingerprint density at radius 3 is 2.41 bits per heavy atom. The Balaban J connectivity index is 2.21. The van der Waals surface area contributed by atoms with Crippen molar-refractivity contribution in [3.8, 4) is 0 Å². The first kappa shape index (κ1) is 12.0. The number of Topliss-reactive ketones (excluding diaryl/α,β-unsaturated/α-hetero) is 2. The number of nitrogens with zero attached hydrogens (tertiary/aromatic N) is 1. The van der Waals surface area contributed by atoms with Gasteiger partial charge < -0.3 is 0 Å². The van der Waals surface area contributed by atoms with Crippen molar-refractivity contribution in [3.05, 3.63) is 29.6 Å². The van der Waals surface area contributed by atoms with Gasteiger partial charge in [-0.3, -0.25) is 14.6 Å². The lowest BCUT2D eigenvalue weighted by atomic mass is 9.86. The number of carbonyl (C=O) groups is 2. The molecule has 1 aromatic rings. The fourth-order valence-corrected chi connectivity index (χ4v) is 2.18. The second-order valence-corrected chi connectivity index (χ2v) is 4.98. The van der Waals surface area contributed by atoms with Gasteiger partial charge in [0, 0.05) is 6.20 Å². The summed E-state index contributed by atoms with van der Waals surface area (Å²) in [6, 6.07) is 3.81. The molecule has 0 bridgehead atoms. The van der Waals surface area contributed by atoms with Gasteiger partial charge in [0.15, 0.2) is 5.78 Å². The number of ketones is 2. The van der Waals surface area contributed by atoms with E-state index >= 15 is 0 Å². The van der Waals surface area contributed by atoms with E-state index in [4.69, 9.17) is 0 Å². The predicted octanol–water partition coefficient (Wildman–Crippen LogP) is 2.43. The summed E-state index contributed by atoms with van der Waals surface area (Å²) in [6.45, 7) is 5.31. The number of aryl methyl sites for hydroxylation is 1. The van der Waals surface area contributed by atoms with Crippen molar-refractivity contribution < 1.29 is 9.59 Å². The molecule has 0 radical (unpaired) electrons. The Kier molecular flexibility index (Phi) is 2.86. The molecule has 0 aliphatic heterocycles. The summed E-state index contributed by atoms with van der Waals surface area (Å²) in [5, 5.41) is 0. The molecule has 1 fully saturated rings. The van der Waals surface area contributed by atoms with Crippen LogP contribution in [0, 0.1) is 12.3 Å². The Labute approximate surface area is 101 Å². The zero-order valence-electron chi connectivity index (χ0n) is 10.5. The van der Waals surface area contributed by atoms with Crippen LogP contribution in [0.3, 0.4) is 0 Å². The number of pyridine rings is 1. The highest BCUT2D eigenvalue weighted by Gasteiger charge is 2.55. The second kappa shape index (κ2) is 4.06. The first-order chi connectivity index (χ1) is 7.97. The molecule has 1 saturated carbocycles. The number of carbonyl (C=O) groups excluding carboxylic acids is 2. The third-order valence-electron chi connectivity index (χ3n) is 3.67. The molecule has 1 aliphatic carbocycles. The van der Waals surface area contributed by atoms with Crippen molar-refractivity contribution in [1.29, 1.82) is 0 Å². The molecule has 0 spiro atoms. The molecule has 0 saturated heterocycles. The Hall–Kier alpha value is -1.51. The van der Waals surface area contributed by atoms with E-state index in [0.717, 1.165) is 11.3 Å². The highest BCUT2D eigenvalue weighted by molar-refractivity contribution is 6.11. The summed E-state index contributed by atoms with van der Waals surface area (Å²) in [7, 11) is 0. The van der Waals surface area contributed by atoms with E-state index in [-0.39, 0.29) is 17.5 Å². The van der Waals surface area contributed by atoms with Crippen LogP contribution in [0.2, 0.25) is 0 Å². The van der Waals surface area contributed by atoms with Gasteiger partial charge in [-0.25, -0.2) is 0 Å². The summed E-state index contributed by atoms with van der Waals surface area (Å²) < 4.78 is 0. The lowest BCUT2D eigenvalue weighted by Gasteiger charge is -2.16. The molecular formula is C14H17NO2. The van der Waals surface area contributed by atoms with Crippen LogP contribution < -0.4 is 0 Å². The van der Waals surface area contributed by atoms with E-state index in [2.05, 4.69) is 4.98 Å². The Morgan fingerprint density at radius 1 is 1.35 bits per heavy atom.